The third-order valence-corrected chi connectivity index (χ3v) is 5.80. The van der Waals surface area contributed by atoms with Crippen molar-refractivity contribution in [3.8, 4) is 0 Å². The second-order valence-electron chi connectivity index (χ2n) is 7.76. The van der Waals surface area contributed by atoms with Crippen molar-refractivity contribution in [2.75, 3.05) is 6.61 Å². The number of aliphatic hydroxyl groups is 2. The second-order valence-corrected chi connectivity index (χ2v) is 7.76. The number of nitro benzene ring substituents is 1. The average molecular weight is 395 g/mol. The number of nitrogens with one attached hydrogen (secondary N) is 2. The largest absolute Gasteiger partial charge is 0.395 e. The maximum absolute atomic E-state index is 10.8. The van der Waals surface area contributed by atoms with Crippen molar-refractivity contribution >= 4 is 16.6 Å². The Labute approximate surface area is 168 Å². The monoisotopic (exact) mass is 395 g/mol. The zero-order valence-corrected chi connectivity index (χ0v) is 16.3. The van der Waals surface area contributed by atoms with Crippen LogP contribution in [0.3, 0.4) is 0 Å². The van der Waals surface area contributed by atoms with Gasteiger partial charge in [-0.05, 0) is 61.6 Å². The summed E-state index contributed by atoms with van der Waals surface area (Å²) < 4.78 is 0. The first-order chi connectivity index (χ1) is 14.0. The van der Waals surface area contributed by atoms with Crippen molar-refractivity contribution < 1.29 is 15.1 Å². The molecule has 2 aromatic carbocycles. The highest BCUT2D eigenvalue weighted by Crippen LogP contribution is 2.36. The first kappa shape index (κ1) is 19.6. The van der Waals surface area contributed by atoms with Gasteiger partial charge in [-0.1, -0.05) is 11.6 Å². The van der Waals surface area contributed by atoms with Crippen LogP contribution < -0.4 is 5.32 Å². The number of hydrogen-bond acceptors (Lipinski definition) is 5. The highest BCUT2D eigenvalue weighted by molar-refractivity contribution is 5.85. The minimum atomic E-state index is -0.974. The van der Waals surface area contributed by atoms with Gasteiger partial charge in [0.1, 0.15) is 0 Å². The van der Waals surface area contributed by atoms with Crippen molar-refractivity contribution in [3.05, 3.63) is 75.0 Å². The van der Waals surface area contributed by atoms with Crippen LogP contribution in [-0.2, 0) is 6.42 Å². The van der Waals surface area contributed by atoms with Gasteiger partial charge >= 0.3 is 0 Å². The van der Waals surface area contributed by atoms with Crippen LogP contribution in [0.2, 0.25) is 0 Å². The fourth-order valence-corrected chi connectivity index (χ4v) is 4.27. The van der Waals surface area contributed by atoms with Gasteiger partial charge in [0.15, 0.2) is 0 Å². The predicted octanol–water partition coefficient (Wildman–Crippen LogP) is 3.45. The van der Waals surface area contributed by atoms with E-state index in [1.807, 2.05) is 0 Å². The normalized spacial score (nSPS) is 18.4. The molecule has 3 atom stereocenters. The Kier molecular flexibility index (Phi) is 5.36. The highest BCUT2D eigenvalue weighted by atomic mass is 16.6. The molecule has 1 heterocycles. The minimum absolute atomic E-state index is 0.00342. The number of aryl methyl sites for hydroxylation is 2. The predicted molar refractivity (Wildman–Crippen MR) is 111 cm³/mol. The number of aliphatic hydroxyl groups excluding tert-OH is 2. The molecule has 7 nitrogen and oxygen atoms in total. The smallest absolute Gasteiger partial charge is 0.269 e. The lowest BCUT2D eigenvalue weighted by Crippen LogP contribution is -2.41. The van der Waals surface area contributed by atoms with Crippen molar-refractivity contribution in [1.82, 2.24) is 10.3 Å². The quantitative estimate of drug-likeness (QED) is 0.377. The van der Waals surface area contributed by atoms with E-state index in [2.05, 4.69) is 35.4 Å². The van der Waals surface area contributed by atoms with Gasteiger partial charge in [0.25, 0.3) is 5.69 Å². The number of nitro groups is 1. The lowest BCUT2D eigenvalue weighted by Gasteiger charge is -2.30. The molecule has 29 heavy (non-hydrogen) atoms. The van der Waals surface area contributed by atoms with Crippen LogP contribution in [0.25, 0.3) is 10.9 Å². The van der Waals surface area contributed by atoms with Crippen molar-refractivity contribution in [1.29, 1.82) is 0 Å². The van der Waals surface area contributed by atoms with E-state index in [4.69, 9.17) is 0 Å². The van der Waals surface area contributed by atoms with E-state index in [1.54, 1.807) is 0 Å². The molecule has 0 unspecified atom stereocenters. The van der Waals surface area contributed by atoms with E-state index in [1.165, 1.54) is 40.8 Å². The van der Waals surface area contributed by atoms with Crippen molar-refractivity contribution in [2.45, 2.75) is 44.4 Å². The van der Waals surface area contributed by atoms with Crippen LogP contribution in [0.15, 0.2) is 42.5 Å². The van der Waals surface area contributed by atoms with Gasteiger partial charge in [0.05, 0.1) is 23.7 Å². The molecule has 0 aliphatic heterocycles. The van der Waals surface area contributed by atoms with Crippen LogP contribution >= 0.6 is 0 Å². The Morgan fingerprint density at radius 3 is 2.72 bits per heavy atom. The number of benzene rings is 2. The summed E-state index contributed by atoms with van der Waals surface area (Å²) in [5, 5.41) is 36.2. The molecule has 152 valence electrons. The third-order valence-electron chi connectivity index (χ3n) is 5.80. The maximum Gasteiger partial charge on any atom is 0.269 e. The number of H-pyrrole nitrogens is 1. The molecule has 0 bridgehead atoms. The zero-order valence-electron chi connectivity index (χ0n) is 16.3. The van der Waals surface area contributed by atoms with Gasteiger partial charge < -0.3 is 20.5 Å². The van der Waals surface area contributed by atoms with Crippen LogP contribution in [-0.4, -0.2) is 32.8 Å². The number of fused-ring (bicyclic) bond motifs is 3. The van der Waals surface area contributed by atoms with Gasteiger partial charge in [-0.25, -0.2) is 0 Å². The Balaban J connectivity index is 1.58. The summed E-state index contributed by atoms with van der Waals surface area (Å²) in [5.41, 5.74) is 5.24. The van der Waals surface area contributed by atoms with E-state index in [0.717, 1.165) is 30.5 Å². The molecule has 4 rings (SSSR count). The summed E-state index contributed by atoms with van der Waals surface area (Å²) in [6.07, 6.45) is 1.96. The van der Waals surface area contributed by atoms with E-state index < -0.39 is 17.1 Å². The van der Waals surface area contributed by atoms with E-state index in [9.17, 15) is 20.3 Å². The molecule has 3 aromatic rings. The standard InChI is InChI=1S/C22H25N3O4/c1-13-5-10-18-17(11-13)16-3-2-4-19(21(16)24-18)23-20(12-26)22(27)14-6-8-15(9-7-14)25(28)29/h5-11,19-20,22-24,26-27H,2-4,12H2,1H3/t19-,20+,22-/m0/s1. The molecule has 1 aromatic heterocycles. The molecule has 7 heteroatoms. The van der Waals surface area contributed by atoms with Gasteiger partial charge in [-0.2, -0.15) is 0 Å². The average Bonchev–Trinajstić information content (AvgIpc) is 3.10. The molecular formula is C22H25N3O4. The zero-order chi connectivity index (χ0) is 20.5. The molecule has 0 saturated carbocycles. The molecule has 0 radical (unpaired) electrons. The molecule has 0 spiro atoms. The van der Waals surface area contributed by atoms with Gasteiger partial charge in [0.2, 0.25) is 0 Å². The molecular weight excluding hydrogens is 370 g/mol. The SMILES string of the molecule is Cc1ccc2[nH]c3c(c2c1)CCC[C@@H]3N[C@H](CO)[C@@H](O)c1ccc([N+](=O)[O-])cc1. The summed E-state index contributed by atoms with van der Waals surface area (Å²) in [4.78, 5) is 13.9. The Morgan fingerprint density at radius 1 is 1.28 bits per heavy atom. The molecule has 0 amide bonds. The number of nitrogens with zero attached hydrogens (tertiary/aromatic N) is 1. The van der Waals surface area contributed by atoms with Crippen LogP contribution in [0.4, 0.5) is 5.69 Å². The maximum atomic E-state index is 10.8. The molecule has 4 N–H and O–H groups in total. The minimum Gasteiger partial charge on any atom is -0.395 e. The summed E-state index contributed by atoms with van der Waals surface area (Å²) >= 11 is 0. The van der Waals surface area contributed by atoms with Crippen molar-refractivity contribution in [3.63, 3.8) is 0 Å². The lowest BCUT2D eigenvalue weighted by atomic mass is 9.90. The highest BCUT2D eigenvalue weighted by Gasteiger charge is 2.29. The third kappa shape index (κ3) is 3.76. The number of non-ortho nitro benzene ring substituents is 1. The fraction of sp³-hybridized carbons (Fsp3) is 0.364. The molecule has 0 fully saturated rings. The lowest BCUT2D eigenvalue weighted by molar-refractivity contribution is -0.384. The summed E-state index contributed by atoms with van der Waals surface area (Å²) in [7, 11) is 0. The Bertz CT molecular complexity index is 1030. The number of aromatic nitrogens is 1. The number of aromatic amines is 1. The second kappa shape index (κ2) is 7.94. The van der Waals surface area contributed by atoms with Gasteiger partial charge in [0, 0.05) is 34.8 Å². The van der Waals surface area contributed by atoms with Crippen LogP contribution in [0.5, 0.6) is 0 Å². The van der Waals surface area contributed by atoms with E-state index in [-0.39, 0.29) is 18.3 Å². The Hall–Kier alpha value is -2.74. The summed E-state index contributed by atoms with van der Waals surface area (Å²) in [5.74, 6) is 0. The molecule has 1 aliphatic carbocycles. The van der Waals surface area contributed by atoms with Crippen LogP contribution in [0, 0.1) is 17.0 Å². The fourth-order valence-electron chi connectivity index (χ4n) is 4.27. The van der Waals surface area contributed by atoms with Gasteiger partial charge in [-0.3, -0.25) is 10.1 Å². The summed E-state index contributed by atoms with van der Waals surface area (Å²) in [6, 6.07) is 11.6. The molecule has 1 aliphatic rings. The first-order valence-electron chi connectivity index (χ1n) is 9.88. The van der Waals surface area contributed by atoms with E-state index in [0.29, 0.717) is 5.56 Å². The van der Waals surface area contributed by atoms with Crippen LogP contribution in [0.1, 0.15) is 47.4 Å². The van der Waals surface area contributed by atoms with Crippen molar-refractivity contribution in [2.24, 2.45) is 0 Å². The first-order valence-corrected chi connectivity index (χ1v) is 9.88. The topological polar surface area (TPSA) is 111 Å². The number of hydrogen-bond donors (Lipinski definition) is 4. The van der Waals surface area contributed by atoms with E-state index >= 15 is 0 Å². The number of rotatable bonds is 6. The molecule has 0 saturated heterocycles. The Morgan fingerprint density at radius 2 is 2.03 bits per heavy atom. The summed E-state index contributed by atoms with van der Waals surface area (Å²) in [6.45, 7) is 1.84. The van der Waals surface area contributed by atoms with Gasteiger partial charge in [-0.15, -0.1) is 0 Å².